The van der Waals surface area contributed by atoms with E-state index >= 15 is 0 Å². The van der Waals surface area contributed by atoms with Crippen LogP contribution in [0.3, 0.4) is 0 Å². The summed E-state index contributed by atoms with van der Waals surface area (Å²) < 4.78 is 1.85. The summed E-state index contributed by atoms with van der Waals surface area (Å²) >= 11 is 0. The van der Waals surface area contributed by atoms with Gasteiger partial charge in [-0.3, -0.25) is 4.98 Å². The van der Waals surface area contributed by atoms with Crippen molar-refractivity contribution in [1.29, 1.82) is 0 Å². The Kier molecular flexibility index (Phi) is 4.03. The molecule has 8 heteroatoms. The molecule has 5 rings (SSSR count). The first-order chi connectivity index (χ1) is 13.7. The van der Waals surface area contributed by atoms with Crippen LogP contribution in [0.4, 0.5) is 11.6 Å². The molecule has 142 valence electrons. The third-order valence-corrected chi connectivity index (χ3v) is 5.43. The van der Waals surface area contributed by atoms with Crippen molar-refractivity contribution in [3.05, 3.63) is 48.0 Å². The van der Waals surface area contributed by atoms with Crippen LogP contribution >= 0.6 is 0 Å². The predicted molar refractivity (Wildman–Crippen MR) is 109 cm³/mol. The van der Waals surface area contributed by atoms with Gasteiger partial charge in [0.15, 0.2) is 0 Å². The van der Waals surface area contributed by atoms with E-state index in [1.165, 1.54) is 0 Å². The molecule has 1 fully saturated rings. The van der Waals surface area contributed by atoms with Crippen molar-refractivity contribution < 1.29 is 0 Å². The molecule has 0 unspecified atom stereocenters. The Morgan fingerprint density at radius 3 is 2.54 bits per heavy atom. The van der Waals surface area contributed by atoms with Gasteiger partial charge in [-0.05, 0) is 32.4 Å². The van der Waals surface area contributed by atoms with Gasteiger partial charge in [0.05, 0.1) is 17.2 Å². The predicted octanol–water partition coefficient (Wildman–Crippen LogP) is 2.40. The minimum absolute atomic E-state index is 0.652. The van der Waals surface area contributed by atoms with E-state index in [0.717, 1.165) is 66.5 Å². The third kappa shape index (κ3) is 2.81. The van der Waals surface area contributed by atoms with E-state index < -0.39 is 0 Å². The van der Waals surface area contributed by atoms with Crippen LogP contribution in [0.5, 0.6) is 0 Å². The second-order valence-electron chi connectivity index (χ2n) is 7.16. The fourth-order valence-corrected chi connectivity index (χ4v) is 3.84. The number of aromatic nitrogens is 6. The monoisotopic (exact) mass is 374 g/mol. The van der Waals surface area contributed by atoms with E-state index in [1.54, 1.807) is 6.33 Å². The van der Waals surface area contributed by atoms with Crippen molar-refractivity contribution in [2.24, 2.45) is 0 Å². The highest BCUT2D eigenvalue weighted by molar-refractivity contribution is 5.75. The van der Waals surface area contributed by atoms with Crippen molar-refractivity contribution in [2.75, 3.05) is 36.0 Å². The molecule has 0 atom stereocenters. The van der Waals surface area contributed by atoms with E-state index in [0.29, 0.717) is 5.78 Å². The second kappa shape index (κ2) is 6.70. The van der Waals surface area contributed by atoms with E-state index in [-0.39, 0.29) is 0 Å². The van der Waals surface area contributed by atoms with Gasteiger partial charge >= 0.3 is 0 Å². The van der Waals surface area contributed by atoms with Gasteiger partial charge in [-0.2, -0.15) is 14.6 Å². The van der Waals surface area contributed by atoms with Crippen LogP contribution in [-0.4, -0.2) is 55.7 Å². The SMILES string of the molecule is Cc1nc2ncnn2c(N2CCCN(c3cnc4ccccc4n3)CC2)c1C. The number of benzene rings is 1. The molecule has 1 saturated heterocycles. The molecule has 0 spiro atoms. The van der Waals surface area contributed by atoms with Crippen LogP contribution in [0.2, 0.25) is 0 Å². The summed E-state index contributed by atoms with van der Waals surface area (Å²) in [6, 6.07) is 8.00. The molecule has 0 amide bonds. The number of fused-ring (bicyclic) bond motifs is 2. The molecular weight excluding hydrogens is 352 g/mol. The molecule has 3 aromatic heterocycles. The number of hydrogen-bond acceptors (Lipinski definition) is 7. The van der Waals surface area contributed by atoms with Gasteiger partial charge in [-0.25, -0.2) is 9.97 Å². The quantitative estimate of drug-likeness (QED) is 0.533. The van der Waals surface area contributed by atoms with Gasteiger partial charge in [-0.15, -0.1) is 0 Å². The fourth-order valence-electron chi connectivity index (χ4n) is 3.84. The summed E-state index contributed by atoms with van der Waals surface area (Å²) in [6.45, 7) is 7.81. The molecule has 28 heavy (non-hydrogen) atoms. The largest absolute Gasteiger partial charge is 0.354 e. The summed E-state index contributed by atoms with van der Waals surface area (Å²) in [5.74, 6) is 2.68. The van der Waals surface area contributed by atoms with E-state index in [4.69, 9.17) is 4.98 Å². The lowest BCUT2D eigenvalue weighted by molar-refractivity contribution is 0.761. The third-order valence-electron chi connectivity index (χ3n) is 5.43. The number of anilines is 2. The first kappa shape index (κ1) is 16.9. The fraction of sp³-hybridized carbons (Fsp3) is 0.350. The van der Waals surface area contributed by atoms with E-state index in [9.17, 15) is 0 Å². The van der Waals surface area contributed by atoms with Crippen LogP contribution in [0, 0.1) is 13.8 Å². The average molecular weight is 374 g/mol. The van der Waals surface area contributed by atoms with Crippen molar-refractivity contribution in [3.8, 4) is 0 Å². The summed E-state index contributed by atoms with van der Waals surface area (Å²) in [4.78, 5) is 22.9. The first-order valence-electron chi connectivity index (χ1n) is 9.59. The Bertz CT molecular complexity index is 1150. The minimum Gasteiger partial charge on any atom is -0.354 e. The highest BCUT2D eigenvalue weighted by Crippen LogP contribution is 2.24. The molecule has 0 N–H and O–H groups in total. The van der Waals surface area contributed by atoms with Crippen LogP contribution in [0.25, 0.3) is 16.8 Å². The number of nitrogens with zero attached hydrogens (tertiary/aromatic N) is 8. The summed E-state index contributed by atoms with van der Waals surface area (Å²) in [6.07, 6.45) is 4.49. The maximum Gasteiger partial charge on any atom is 0.254 e. The highest BCUT2D eigenvalue weighted by atomic mass is 15.4. The highest BCUT2D eigenvalue weighted by Gasteiger charge is 2.22. The molecule has 0 aliphatic carbocycles. The maximum atomic E-state index is 4.82. The summed E-state index contributed by atoms with van der Waals surface area (Å²) in [7, 11) is 0. The standard InChI is InChI=1S/C20H22N8/c1-14-15(2)24-20-22-13-23-28(20)19(14)27-9-5-8-26(10-11-27)18-12-21-16-6-3-4-7-17(16)25-18/h3-4,6-7,12-13H,5,8-11H2,1-2H3. The number of para-hydroxylation sites is 2. The minimum atomic E-state index is 0.652. The number of aryl methyl sites for hydroxylation is 1. The molecule has 4 aromatic rings. The van der Waals surface area contributed by atoms with Crippen molar-refractivity contribution in [3.63, 3.8) is 0 Å². The van der Waals surface area contributed by atoms with Crippen LogP contribution in [0.15, 0.2) is 36.8 Å². The molecule has 1 aromatic carbocycles. The molecule has 0 bridgehead atoms. The van der Waals surface area contributed by atoms with Gasteiger partial charge in [0, 0.05) is 37.4 Å². The summed E-state index contributed by atoms with van der Waals surface area (Å²) in [5, 5.41) is 4.40. The molecule has 1 aliphatic heterocycles. The molecule has 0 saturated carbocycles. The van der Waals surface area contributed by atoms with Gasteiger partial charge in [0.1, 0.15) is 18.0 Å². The second-order valence-corrected chi connectivity index (χ2v) is 7.16. The van der Waals surface area contributed by atoms with Crippen LogP contribution in [0.1, 0.15) is 17.7 Å². The lowest BCUT2D eigenvalue weighted by Gasteiger charge is -2.26. The Morgan fingerprint density at radius 1 is 0.857 bits per heavy atom. The van der Waals surface area contributed by atoms with Crippen LogP contribution < -0.4 is 9.80 Å². The Morgan fingerprint density at radius 2 is 1.64 bits per heavy atom. The smallest absolute Gasteiger partial charge is 0.254 e. The Labute approximate surface area is 162 Å². The summed E-state index contributed by atoms with van der Waals surface area (Å²) in [5.41, 5.74) is 4.01. The Balaban J connectivity index is 1.44. The Hall–Kier alpha value is -3.29. The van der Waals surface area contributed by atoms with Crippen molar-refractivity contribution >= 4 is 28.4 Å². The average Bonchev–Trinajstić information content (AvgIpc) is 3.03. The van der Waals surface area contributed by atoms with Gasteiger partial charge in [0.25, 0.3) is 5.78 Å². The zero-order chi connectivity index (χ0) is 19.1. The van der Waals surface area contributed by atoms with Gasteiger partial charge in [-0.1, -0.05) is 12.1 Å². The number of rotatable bonds is 2. The van der Waals surface area contributed by atoms with Gasteiger partial charge in [0.2, 0.25) is 0 Å². The van der Waals surface area contributed by atoms with E-state index in [2.05, 4.69) is 36.8 Å². The normalized spacial score (nSPS) is 15.4. The number of hydrogen-bond donors (Lipinski definition) is 0. The zero-order valence-corrected chi connectivity index (χ0v) is 16.1. The zero-order valence-electron chi connectivity index (χ0n) is 16.1. The van der Waals surface area contributed by atoms with Gasteiger partial charge < -0.3 is 9.80 Å². The molecule has 1 aliphatic rings. The van der Waals surface area contributed by atoms with Crippen molar-refractivity contribution in [1.82, 2.24) is 29.5 Å². The lowest BCUT2D eigenvalue weighted by atomic mass is 10.2. The maximum absolute atomic E-state index is 4.82. The molecule has 0 radical (unpaired) electrons. The molecule has 4 heterocycles. The molecule has 8 nitrogen and oxygen atoms in total. The van der Waals surface area contributed by atoms with Crippen molar-refractivity contribution in [2.45, 2.75) is 20.3 Å². The first-order valence-corrected chi connectivity index (χ1v) is 9.59. The molecular formula is C20H22N8. The van der Waals surface area contributed by atoms with E-state index in [1.807, 2.05) is 41.9 Å². The van der Waals surface area contributed by atoms with Crippen LogP contribution in [-0.2, 0) is 0 Å². The topological polar surface area (TPSA) is 75.3 Å². The lowest BCUT2D eigenvalue weighted by Crippen LogP contribution is -2.33.